The van der Waals surface area contributed by atoms with Crippen molar-refractivity contribution in [2.24, 2.45) is 5.92 Å². The fourth-order valence-corrected chi connectivity index (χ4v) is 0.920. The Bertz CT molecular complexity index is 72.1. The predicted octanol–water partition coefficient (Wildman–Crippen LogP) is 3.39. The first kappa shape index (κ1) is 8.74. The van der Waals surface area contributed by atoms with E-state index in [1.54, 1.807) is 0 Å². The molecule has 54 valence electrons. The lowest BCUT2D eigenvalue weighted by molar-refractivity contribution is 0.632. The molecule has 0 aliphatic rings. The molecule has 0 radical (unpaired) electrons. The van der Waals surface area contributed by atoms with E-state index in [-0.39, 0.29) is 0 Å². The van der Waals surface area contributed by atoms with Gasteiger partial charge in [-0.2, -0.15) is 0 Å². The highest BCUT2D eigenvalue weighted by atomic mass is 14.0. The Kier molecular flexibility index (Phi) is 5.70. The van der Waals surface area contributed by atoms with Crippen LogP contribution in [0, 0.1) is 5.92 Å². The molecule has 1 unspecified atom stereocenters. The van der Waals surface area contributed by atoms with Gasteiger partial charge in [0.25, 0.3) is 0 Å². The summed E-state index contributed by atoms with van der Waals surface area (Å²) in [6, 6.07) is 0. The number of rotatable bonds is 4. The molecular formula is C9H18. The standard InChI is InChI=1S/C9H18/c1-4-6-8-9(3)7-5-2/h6,8-9H,4-5,7H2,1-3H3. The van der Waals surface area contributed by atoms with Gasteiger partial charge < -0.3 is 0 Å². The smallest absolute Gasteiger partial charge is 0.0262 e. The lowest BCUT2D eigenvalue weighted by atomic mass is 10.1. The molecule has 0 spiro atoms. The highest BCUT2D eigenvalue weighted by Gasteiger charge is 1.91. The van der Waals surface area contributed by atoms with E-state index in [4.69, 9.17) is 0 Å². The molecule has 0 heterocycles. The Morgan fingerprint density at radius 1 is 1.33 bits per heavy atom. The van der Waals surface area contributed by atoms with Crippen LogP contribution in [-0.4, -0.2) is 0 Å². The van der Waals surface area contributed by atoms with Crippen molar-refractivity contribution >= 4 is 0 Å². The maximum Gasteiger partial charge on any atom is -0.0262 e. The first-order valence-electron chi connectivity index (χ1n) is 3.97. The monoisotopic (exact) mass is 126 g/mol. The molecule has 0 aromatic rings. The van der Waals surface area contributed by atoms with Gasteiger partial charge in [-0.3, -0.25) is 0 Å². The summed E-state index contributed by atoms with van der Waals surface area (Å²) in [5, 5.41) is 0. The van der Waals surface area contributed by atoms with Crippen LogP contribution in [0.25, 0.3) is 0 Å². The van der Waals surface area contributed by atoms with Crippen molar-refractivity contribution in [3.63, 3.8) is 0 Å². The second-order valence-corrected chi connectivity index (χ2v) is 2.60. The molecule has 0 aromatic heterocycles. The van der Waals surface area contributed by atoms with Gasteiger partial charge in [0.2, 0.25) is 0 Å². The Morgan fingerprint density at radius 2 is 2.00 bits per heavy atom. The van der Waals surface area contributed by atoms with E-state index in [0.29, 0.717) is 0 Å². The molecule has 0 aromatic carbocycles. The van der Waals surface area contributed by atoms with Gasteiger partial charge in [0.15, 0.2) is 0 Å². The van der Waals surface area contributed by atoms with Gasteiger partial charge in [0.1, 0.15) is 0 Å². The van der Waals surface area contributed by atoms with Crippen LogP contribution in [0.15, 0.2) is 12.2 Å². The third-order valence-electron chi connectivity index (χ3n) is 1.44. The SMILES string of the molecule is CCC=CC(C)CCC. The van der Waals surface area contributed by atoms with E-state index >= 15 is 0 Å². The topological polar surface area (TPSA) is 0 Å². The van der Waals surface area contributed by atoms with E-state index in [1.165, 1.54) is 19.3 Å². The fourth-order valence-electron chi connectivity index (χ4n) is 0.920. The molecule has 0 N–H and O–H groups in total. The van der Waals surface area contributed by atoms with E-state index in [0.717, 1.165) is 5.92 Å². The van der Waals surface area contributed by atoms with Gasteiger partial charge in [0.05, 0.1) is 0 Å². The van der Waals surface area contributed by atoms with Crippen LogP contribution in [0.4, 0.5) is 0 Å². The van der Waals surface area contributed by atoms with Crippen molar-refractivity contribution in [3.8, 4) is 0 Å². The van der Waals surface area contributed by atoms with Crippen molar-refractivity contribution in [3.05, 3.63) is 12.2 Å². The molecule has 0 bridgehead atoms. The van der Waals surface area contributed by atoms with Gasteiger partial charge >= 0.3 is 0 Å². The molecule has 0 heteroatoms. The fraction of sp³-hybridized carbons (Fsp3) is 0.778. The summed E-state index contributed by atoms with van der Waals surface area (Å²) in [6.45, 7) is 6.68. The quantitative estimate of drug-likeness (QED) is 0.506. The van der Waals surface area contributed by atoms with E-state index < -0.39 is 0 Å². The van der Waals surface area contributed by atoms with Crippen LogP contribution in [0.3, 0.4) is 0 Å². The lowest BCUT2D eigenvalue weighted by Gasteiger charge is -2.00. The number of hydrogen-bond acceptors (Lipinski definition) is 0. The first-order valence-corrected chi connectivity index (χ1v) is 3.97. The van der Waals surface area contributed by atoms with Crippen LogP contribution in [0.1, 0.15) is 40.0 Å². The molecule has 0 nitrogen and oxygen atoms in total. The van der Waals surface area contributed by atoms with Crippen molar-refractivity contribution in [1.29, 1.82) is 0 Å². The molecule has 9 heavy (non-hydrogen) atoms. The van der Waals surface area contributed by atoms with Crippen LogP contribution < -0.4 is 0 Å². The van der Waals surface area contributed by atoms with Crippen LogP contribution in [0.5, 0.6) is 0 Å². The molecule has 0 fully saturated rings. The van der Waals surface area contributed by atoms with Crippen LogP contribution in [0.2, 0.25) is 0 Å². The van der Waals surface area contributed by atoms with Crippen molar-refractivity contribution in [2.45, 2.75) is 40.0 Å². The third-order valence-corrected chi connectivity index (χ3v) is 1.44. The summed E-state index contributed by atoms with van der Waals surface area (Å²) in [4.78, 5) is 0. The van der Waals surface area contributed by atoms with Crippen LogP contribution in [-0.2, 0) is 0 Å². The van der Waals surface area contributed by atoms with Crippen molar-refractivity contribution < 1.29 is 0 Å². The summed E-state index contributed by atoms with van der Waals surface area (Å²) in [5.74, 6) is 0.787. The zero-order valence-electron chi connectivity index (χ0n) is 6.85. The third kappa shape index (κ3) is 5.61. The maximum atomic E-state index is 2.31. The van der Waals surface area contributed by atoms with Gasteiger partial charge in [-0.15, -0.1) is 0 Å². The van der Waals surface area contributed by atoms with Gasteiger partial charge in [-0.1, -0.05) is 39.3 Å². The minimum atomic E-state index is 0.787. The van der Waals surface area contributed by atoms with Crippen molar-refractivity contribution in [1.82, 2.24) is 0 Å². The first-order chi connectivity index (χ1) is 4.31. The summed E-state index contributed by atoms with van der Waals surface area (Å²) in [6.07, 6.45) is 8.36. The Labute approximate surface area is 59.0 Å². The summed E-state index contributed by atoms with van der Waals surface area (Å²) in [7, 11) is 0. The van der Waals surface area contributed by atoms with E-state index in [1.807, 2.05) is 0 Å². The highest BCUT2D eigenvalue weighted by molar-refractivity contribution is 4.84. The molecule has 0 saturated heterocycles. The Morgan fingerprint density at radius 3 is 2.44 bits per heavy atom. The minimum Gasteiger partial charge on any atom is -0.0885 e. The molecule has 1 atom stereocenters. The number of allylic oxidation sites excluding steroid dienone is 2. The predicted molar refractivity (Wildman–Crippen MR) is 43.5 cm³/mol. The summed E-state index contributed by atoms with van der Waals surface area (Å²) < 4.78 is 0. The van der Waals surface area contributed by atoms with Gasteiger partial charge in [0, 0.05) is 0 Å². The molecule has 0 rings (SSSR count). The molecule has 0 saturated carbocycles. The zero-order valence-corrected chi connectivity index (χ0v) is 6.85. The number of hydrogen-bond donors (Lipinski definition) is 0. The molecular weight excluding hydrogens is 108 g/mol. The van der Waals surface area contributed by atoms with Crippen LogP contribution >= 0.6 is 0 Å². The highest BCUT2D eigenvalue weighted by Crippen LogP contribution is 2.05. The molecule has 0 aliphatic carbocycles. The van der Waals surface area contributed by atoms with E-state index in [2.05, 4.69) is 32.9 Å². The molecule has 0 aliphatic heterocycles. The average molecular weight is 126 g/mol. The largest absolute Gasteiger partial charge is 0.0885 e. The van der Waals surface area contributed by atoms with Gasteiger partial charge in [-0.05, 0) is 18.8 Å². The summed E-state index contributed by atoms with van der Waals surface area (Å²) >= 11 is 0. The Hall–Kier alpha value is -0.260. The Balaban J connectivity index is 3.25. The minimum absolute atomic E-state index is 0.787. The van der Waals surface area contributed by atoms with Crippen molar-refractivity contribution in [2.75, 3.05) is 0 Å². The second kappa shape index (κ2) is 5.87. The normalized spacial score (nSPS) is 14.6. The maximum absolute atomic E-state index is 2.31. The summed E-state index contributed by atoms with van der Waals surface area (Å²) in [5.41, 5.74) is 0. The zero-order chi connectivity index (χ0) is 7.11. The molecule has 0 amide bonds. The van der Waals surface area contributed by atoms with Gasteiger partial charge in [-0.25, -0.2) is 0 Å². The second-order valence-electron chi connectivity index (χ2n) is 2.60. The van der Waals surface area contributed by atoms with E-state index in [9.17, 15) is 0 Å². The lowest BCUT2D eigenvalue weighted by Crippen LogP contribution is -1.86. The average Bonchev–Trinajstić information content (AvgIpc) is 1.85.